The third-order valence-electron chi connectivity index (χ3n) is 1.50. The fraction of sp³-hybridized carbons (Fsp3) is 0.222. The Morgan fingerprint density at radius 3 is 2.60 bits per heavy atom. The molecule has 0 spiro atoms. The fourth-order valence-corrected chi connectivity index (χ4v) is 0.971. The van der Waals surface area contributed by atoms with Crippen molar-refractivity contribution in [3.05, 3.63) is 18.2 Å². The van der Waals surface area contributed by atoms with Gasteiger partial charge < -0.3 is 10.5 Å². The van der Waals surface area contributed by atoms with Gasteiger partial charge in [0.05, 0.1) is 11.4 Å². The first-order valence-corrected chi connectivity index (χ1v) is 4.06. The average molecular weight is 218 g/mol. The summed E-state index contributed by atoms with van der Waals surface area (Å²) in [6.07, 6.45) is -3.27. The first-order valence-electron chi connectivity index (χ1n) is 4.06. The van der Waals surface area contributed by atoms with Gasteiger partial charge in [0.25, 0.3) is 0 Å². The zero-order valence-electron chi connectivity index (χ0n) is 7.88. The molecule has 0 saturated heterocycles. The van der Waals surface area contributed by atoms with Crippen molar-refractivity contribution in [2.75, 3.05) is 5.73 Å². The summed E-state index contributed by atoms with van der Waals surface area (Å²) in [4.78, 5) is 3.80. The van der Waals surface area contributed by atoms with Crippen LogP contribution in [0.25, 0.3) is 0 Å². The van der Waals surface area contributed by atoms with E-state index in [0.717, 1.165) is 12.1 Å². The Labute approximate surface area is 84.4 Å². The number of nitrogens with zero attached hydrogens (tertiary/aromatic N) is 1. The number of anilines is 1. The van der Waals surface area contributed by atoms with E-state index < -0.39 is 6.36 Å². The first kappa shape index (κ1) is 11.4. The minimum absolute atomic E-state index is 0.249. The van der Waals surface area contributed by atoms with Gasteiger partial charge >= 0.3 is 6.36 Å². The smallest absolute Gasteiger partial charge is 0.406 e. The molecular formula is C9H9F3N2O. The summed E-state index contributed by atoms with van der Waals surface area (Å²) >= 11 is 0. The fourth-order valence-electron chi connectivity index (χ4n) is 0.971. The minimum Gasteiger partial charge on any atom is -0.406 e. The minimum atomic E-state index is -4.71. The average Bonchev–Trinajstić information content (AvgIpc) is 2.09. The molecule has 0 unspecified atom stereocenters. The van der Waals surface area contributed by atoms with Gasteiger partial charge in [-0.05, 0) is 19.1 Å². The maximum Gasteiger partial charge on any atom is 0.573 e. The Hall–Kier alpha value is -1.72. The largest absolute Gasteiger partial charge is 0.573 e. The molecule has 0 aliphatic heterocycles. The summed E-state index contributed by atoms with van der Waals surface area (Å²) in [7, 11) is 0. The third-order valence-corrected chi connectivity index (χ3v) is 1.50. The molecule has 0 aliphatic carbocycles. The number of halogens is 3. The molecular weight excluding hydrogens is 209 g/mol. The normalized spacial score (nSPS) is 12.0. The molecule has 0 aromatic heterocycles. The van der Waals surface area contributed by atoms with Crippen LogP contribution in [0.2, 0.25) is 0 Å². The topological polar surface area (TPSA) is 47.6 Å². The molecule has 0 fully saturated rings. The number of nitrogens with two attached hydrogens (primary N) is 1. The van der Waals surface area contributed by atoms with Crippen LogP contribution in [0.4, 0.5) is 24.5 Å². The van der Waals surface area contributed by atoms with E-state index in [1.807, 2.05) is 0 Å². The van der Waals surface area contributed by atoms with E-state index in [1.165, 1.54) is 12.3 Å². The summed E-state index contributed by atoms with van der Waals surface area (Å²) in [5.74, 6) is -0.336. The lowest BCUT2D eigenvalue weighted by Gasteiger charge is -2.09. The van der Waals surface area contributed by atoms with Gasteiger partial charge in [0, 0.05) is 12.3 Å². The van der Waals surface area contributed by atoms with Crippen molar-refractivity contribution in [3.8, 4) is 5.75 Å². The highest BCUT2D eigenvalue weighted by atomic mass is 19.4. The second kappa shape index (κ2) is 4.20. The summed E-state index contributed by atoms with van der Waals surface area (Å²) < 4.78 is 39.3. The molecule has 82 valence electrons. The van der Waals surface area contributed by atoms with Crippen molar-refractivity contribution >= 4 is 17.6 Å². The van der Waals surface area contributed by atoms with E-state index in [-0.39, 0.29) is 11.4 Å². The van der Waals surface area contributed by atoms with Gasteiger partial charge in [0.2, 0.25) is 0 Å². The van der Waals surface area contributed by atoms with Crippen molar-refractivity contribution < 1.29 is 17.9 Å². The lowest BCUT2D eigenvalue weighted by atomic mass is 10.2. The maximum atomic E-state index is 11.9. The Bertz CT molecular complexity index is 374. The van der Waals surface area contributed by atoms with Gasteiger partial charge in [-0.3, -0.25) is 4.99 Å². The van der Waals surface area contributed by atoms with Crippen molar-refractivity contribution in [3.63, 3.8) is 0 Å². The van der Waals surface area contributed by atoms with Crippen LogP contribution >= 0.6 is 0 Å². The van der Waals surface area contributed by atoms with Crippen molar-refractivity contribution in [2.45, 2.75) is 13.3 Å². The molecule has 6 heteroatoms. The van der Waals surface area contributed by atoms with Crippen LogP contribution in [-0.2, 0) is 0 Å². The third kappa shape index (κ3) is 3.49. The van der Waals surface area contributed by atoms with E-state index in [9.17, 15) is 13.2 Å². The van der Waals surface area contributed by atoms with Crippen LogP contribution in [0, 0.1) is 0 Å². The molecule has 1 aromatic carbocycles. The molecule has 0 aliphatic rings. The van der Waals surface area contributed by atoms with E-state index >= 15 is 0 Å². The molecule has 0 heterocycles. The van der Waals surface area contributed by atoms with E-state index in [2.05, 4.69) is 9.73 Å². The summed E-state index contributed by atoms with van der Waals surface area (Å²) in [5.41, 5.74) is 6.03. The number of ether oxygens (including phenoxy) is 1. The molecule has 0 atom stereocenters. The van der Waals surface area contributed by atoms with Gasteiger partial charge in [-0.1, -0.05) is 0 Å². The van der Waals surface area contributed by atoms with Gasteiger partial charge in [-0.25, -0.2) is 0 Å². The number of benzene rings is 1. The molecule has 0 amide bonds. The highest BCUT2D eigenvalue weighted by molar-refractivity contribution is 5.71. The Morgan fingerprint density at radius 2 is 2.07 bits per heavy atom. The molecule has 3 nitrogen and oxygen atoms in total. The molecule has 0 bridgehead atoms. The van der Waals surface area contributed by atoms with Gasteiger partial charge in [-0.15, -0.1) is 13.2 Å². The Kier molecular flexibility index (Phi) is 3.18. The number of hydrogen-bond donors (Lipinski definition) is 1. The van der Waals surface area contributed by atoms with Crippen molar-refractivity contribution in [1.82, 2.24) is 0 Å². The molecule has 2 N–H and O–H groups in total. The second-order valence-corrected chi connectivity index (χ2v) is 2.66. The standard InChI is InChI=1S/C9H9F3N2O/c1-2-14-8-5-6(3-4-7(8)13)15-9(10,11)12/h2-5H,13H2,1H3. The highest BCUT2D eigenvalue weighted by Gasteiger charge is 2.31. The van der Waals surface area contributed by atoms with Crippen LogP contribution in [0.1, 0.15) is 6.92 Å². The SMILES string of the molecule is CC=Nc1cc(OC(F)(F)F)ccc1N. The van der Waals surface area contributed by atoms with Gasteiger partial charge in [0.1, 0.15) is 5.75 Å². The van der Waals surface area contributed by atoms with Crippen LogP contribution in [-0.4, -0.2) is 12.6 Å². The number of nitrogen functional groups attached to an aromatic ring is 1. The van der Waals surface area contributed by atoms with E-state index in [4.69, 9.17) is 5.73 Å². The maximum absolute atomic E-state index is 11.9. The van der Waals surface area contributed by atoms with E-state index in [0.29, 0.717) is 5.69 Å². The van der Waals surface area contributed by atoms with Crippen LogP contribution < -0.4 is 10.5 Å². The predicted octanol–water partition coefficient (Wildman–Crippen LogP) is 2.89. The second-order valence-electron chi connectivity index (χ2n) is 2.66. The monoisotopic (exact) mass is 218 g/mol. The molecule has 15 heavy (non-hydrogen) atoms. The Morgan fingerprint density at radius 1 is 1.40 bits per heavy atom. The van der Waals surface area contributed by atoms with Crippen molar-refractivity contribution in [1.29, 1.82) is 0 Å². The number of alkyl halides is 3. The molecule has 0 saturated carbocycles. The number of hydrogen-bond acceptors (Lipinski definition) is 3. The van der Waals surface area contributed by atoms with Crippen molar-refractivity contribution in [2.24, 2.45) is 4.99 Å². The predicted molar refractivity (Wildman–Crippen MR) is 51.4 cm³/mol. The zero-order chi connectivity index (χ0) is 11.5. The number of aliphatic imine (C=N–C) groups is 1. The first-order chi connectivity index (χ1) is 6.92. The van der Waals surface area contributed by atoms with Crippen LogP contribution in [0.3, 0.4) is 0 Å². The highest BCUT2D eigenvalue weighted by Crippen LogP contribution is 2.30. The summed E-state index contributed by atoms with van der Waals surface area (Å²) in [5, 5.41) is 0. The molecule has 1 aromatic rings. The lowest BCUT2D eigenvalue weighted by molar-refractivity contribution is -0.274. The molecule has 1 rings (SSSR count). The zero-order valence-corrected chi connectivity index (χ0v) is 7.88. The van der Waals surface area contributed by atoms with Gasteiger partial charge in [-0.2, -0.15) is 0 Å². The number of rotatable bonds is 2. The Balaban J connectivity index is 2.97. The van der Waals surface area contributed by atoms with E-state index in [1.54, 1.807) is 6.92 Å². The summed E-state index contributed by atoms with van der Waals surface area (Å²) in [6.45, 7) is 1.64. The summed E-state index contributed by atoms with van der Waals surface area (Å²) in [6, 6.07) is 3.57. The quantitative estimate of drug-likeness (QED) is 0.612. The molecule has 0 radical (unpaired) electrons. The van der Waals surface area contributed by atoms with Crippen LogP contribution in [0.15, 0.2) is 23.2 Å². The van der Waals surface area contributed by atoms with Gasteiger partial charge in [0.15, 0.2) is 0 Å². The van der Waals surface area contributed by atoms with Crippen LogP contribution in [0.5, 0.6) is 5.75 Å². The lowest BCUT2D eigenvalue weighted by Crippen LogP contribution is -2.17.